The van der Waals surface area contributed by atoms with E-state index in [0.29, 0.717) is 18.4 Å². The zero-order valence-electron chi connectivity index (χ0n) is 27.0. The van der Waals surface area contributed by atoms with Gasteiger partial charge in [-0.2, -0.15) is 0 Å². The highest BCUT2D eigenvalue weighted by molar-refractivity contribution is 9.09. The Morgan fingerprint density at radius 3 is 2.52 bits per heavy atom. The van der Waals surface area contributed by atoms with Crippen LogP contribution in [0.15, 0.2) is 55.6 Å². The number of hydrogen-bond acceptors (Lipinski definition) is 8. The van der Waals surface area contributed by atoms with Gasteiger partial charge in [-0.3, -0.25) is 19.2 Å². The number of benzene rings is 1. The van der Waals surface area contributed by atoms with Gasteiger partial charge in [-0.05, 0) is 39.2 Å². The van der Waals surface area contributed by atoms with Gasteiger partial charge in [0.25, 0.3) is 0 Å². The summed E-state index contributed by atoms with van der Waals surface area (Å²) >= 11 is 3.68. The molecular weight excluding hydrogens is 658 g/mol. The second kappa shape index (κ2) is 14.8. The van der Waals surface area contributed by atoms with Crippen LogP contribution >= 0.6 is 15.9 Å². The van der Waals surface area contributed by atoms with Crippen LogP contribution in [0.25, 0.3) is 0 Å². The monoisotopic (exact) mass is 703 g/mol. The summed E-state index contributed by atoms with van der Waals surface area (Å²) in [5, 5.41) is 12.9. The number of carbonyl (C=O) groups excluding carboxylic acids is 4. The maximum atomic E-state index is 14.4. The first-order valence-corrected chi connectivity index (χ1v) is 16.6. The Morgan fingerprint density at radius 1 is 1.24 bits per heavy atom. The fraction of sp³-hybridized carbons (Fsp3) is 0.588. The van der Waals surface area contributed by atoms with Crippen molar-refractivity contribution in [3.63, 3.8) is 0 Å². The quantitative estimate of drug-likeness (QED) is 0.162. The molecule has 3 aliphatic heterocycles. The van der Waals surface area contributed by atoms with Crippen molar-refractivity contribution in [2.45, 2.75) is 80.3 Å². The molecule has 3 aliphatic rings. The molecule has 2 N–H and O–H groups in total. The number of ether oxygens (including phenoxy) is 3. The molecule has 252 valence electrons. The summed E-state index contributed by atoms with van der Waals surface area (Å²) in [6, 6.07) is 7.23. The molecule has 1 aromatic rings. The number of allylic oxidation sites excluding steroid dienone is 1. The second-order valence-electron chi connectivity index (χ2n) is 13.1. The number of nitrogens with zero attached hydrogens (tertiary/aromatic N) is 2. The summed E-state index contributed by atoms with van der Waals surface area (Å²) in [6.07, 6.45) is 2.58. The lowest BCUT2D eigenvalue weighted by Gasteiger charge is -2.42. The lowest BCUT2D eigenvalue weighted by Crippen LogP contribution is -2.60. The normalized spacial score (nSPS) is 27.9. The summed E-state index contributed by atoms with van der Waals surface area (Å²) in [6.45, 7) is 13.0. The van der Waals surface area contributed by atoms with Crippen molar-refractivity contribution >= 4 is 39.6 Å². The van der Waals surface area contributed by atoms with Gasteiger partial charge in [0.15, 0.2) is 0 Å². The Labute approximate surface area is 279 Å². The maximum absolute atomic E-state index is 14.4. The van der Waals surface area contributed by atoms with Crippen molar-refractivity contribution in [3.8, 4) is 0 Å². The summed E-state index contributed by atoms with van der Waals surface area (Å²) in [4.78, 5) is 58.3. The van der Waals surface area contributed by atoms with Crippen molar-refractivity contribution in [2.75, 3.05) is 33.4 Å². The van der Waals surface area contributed by atoms with Crippen LogP contribution in [0.3, 0.4) is 0 Å². The number of nitrogens with one attached hydrogen (secondary N) is 1. The largest absolute Gasteiger partial charge is 0.455 e. The standard InChI is InChI=1S/C34H46BrN3O8/c1-7-9-15-24(40)36-23(20-44-6)27(21-13-11-10-12-14-21)45-32(43)25-26-30(41)37(17-18-39)29(34(26)19-22(35)28(25)46-34)31(42)38(16-8-2)33(3,4)5/h7-8,10-14,22-23,25-29,39H,1-2,9,15-20H2,3-6H3,(H,36,40)/t22?,23-,25-,26+,27-,28-,29-,34+/m1/s1. The summed E-state index contributed by atoms with van der Waals surface area (Å²) in [7, 11) is 1.49. The predicted octanol–water partition coefficient (Wildman–Crippen LogP) is 2.92. The number of rotatable bonds is 15. The Bertz CT molecular complexity index is 1300. The Balaban J connectivity index is 1.72. The van der Waals surface area contributed by atoms with Gasteiger partial charge < -0.3 is 34.4 Å². The number of aliphatic hydroxyl groups is 1. The van der Waals surface area contributed by atoms with Gasteiger partial charge >= 0.3 is 5.97 Å². The summed E-state index contributed by atoms with van der Waals surface area (Å²) in [5.74, 6) is -3.76. The predicted molar refractivity (Wildman–Crippen MR) is 175 cm³/mol. The molecule has 0 aromatic heterocycles. The van der Waals surface area contributed by atoms with Crippen LogP contribution in [0.1, 0.15) is 51.7 Å². The van der Waals surface area contributed by atoms with E-state index >= 15 is 0 Å². The molecular formula is C34H46BrN3O8. The van der Waals surface area contributed by atoms with E-state index < -0.39 is 59.1 Å². The minimum Gasteiger partial charge on any atom is -0.455 e. The van der Waals surface area contributed by atoms with E-state index in [4.69, 9.17) is 14.2 Å². The van der Waals surface area contributed by atoms with Crippen LogP contribution in [-0.2, 0) is 33.4 Å². The molecule has 0 saturated carbocycles. The molecule has 3 heterocycles. The number of fused-ring (bicyclic) bond motifs is 1. The minimum atomic E-state index is -1.32. The van der Waals surface area contributed by atoms with Crippen LogP contribution in [-0.4, -0.2) is 106 Å². The zero-order chi connectivity index (χ0) is 33.8. The number of β-amino-alcohol motifs (C(OH)–C–C–N with tert-alkyl or cyclic N) is 1. The number of methoxy groups -OCH3 is 1. The van der Waals surface area contributed by atoms with Gasteiger partial charge in [0.2, 0.25) is 17.7 Å². The van der Waals surface area contributed by atoms with E-state index in [2.05, 4.69) is 34.4 Å². The average Bonchev–Trinajstić information content (AvgIpc) is 3.60. The van der Waals surface area contributed by atoms with E-state index in [0.717, 1.165) is 0 Å². The molecule has 0 aliphatic carbocycles. The molecule has 3 amide bonds. The van der Waals surface area contributed by atoms with E-state index in [9.17, 15) is 24.3 Å². The molecule has 1 unspecified atom stereocenters. The molecule has 3 saturated heterocycles. The SMILES string of the molecule is C=CCCC(=O)N[C@H](COC)[C@H](OC(=O)[C@H]1[C@@H]2O[C@@]3(CC2Br)[C@@H]1C(=O)N(CCO)[C@@H]3C(=O)N(CC=C)C(C)(C)C)c1ccccc1. The molecule has 12 heteroatoms. The first-order chi connectivity index (χ1) is 21.9. The molecule has 1 spiro atoms. The number of esters is 1. The number of amides is 3. The topological polar surface area (TPSA) is 135 Å². The van der Waals surface area contributed by atoms with Crippen molar-refractivity contribution in [3.05, 3.63) is 61.2 Å². The van der Waals surface area contributed by atoms with E-state index in [1.54, 1.807) is 41.3 Å². The molecule has 1 aromatic carbocycles. The van der Waals surface area contributed by atoms with Crippen LogP contribution in [0.2, 0.25) is 0 Å². The Morgan fingerprint density at radius 2 is 1.93 bits per heavy atom. The smallest absolute Gasteiger partial charge is 0.313 e. The molecule has 8 atom stereocenters. The lowest BCUT2D eigenvalue weighted by atomic mass is 9.70. The first-order valence-electron chi connectivity index (χ1n) is 15.7. The van der Waals surface area contributed by atoms with Crippen LogP contribution in [0, 0.1) is 11.8 Å². The van der Waals surface area contributed by atoms with Crippen LogP contribution in [0.5, 0.6) is 0 Å². The number of alkyl halides is 1. The molecule has 4 rings (SSSR count). The Hall–Kier alpha value is -3.06. The van der Waals surface area contributed by atoms with E-state index in [-0.39, 0.29) is 49.4 Å². The van der Waals surface area contributed by atoms with Gasteiger partial charge in [0, 0.05) is 37.0 Å². The maximum Gasteiger partial charge on any atom is 0.313 e. The zero-order valence-corrected chi connectivity index (χ0v) is 28.6. The summed E-state index contributed by atoms with van der Waals surface area (Å²) < 4.78 is 18.3. The highest BCUT2D eigenvalue weighted by Crippen LogP contribution is 2.60. The molecule has 11 nitrogen and oxygen atoms in total. The molecule has 2 bridgehead atoms. The summed E-state index contributed by atoms with van der Waals surface area (Å²) in [5.41, 5.74) is -1.29. The van der Waals surface area contributed by atoms with Gasteiger partial charge in [-0.1, -0.05) is 58.4 Å². The number of halogens is 1. The highest BCUT2D eigenvalue weighted by atomic mass is 79.9. The van der Waals surface area contributed by atoms with Gasteiger partial charge in [0.1, 0.15) is 17.7 Å². The van der Waals surface area contributed by atoms with Gasteiger partial charge in [0.05, 0.1) is 37.2 Å². The second-order valence-corrected chi connectivity index (χ2v) is 14.2. The lowest BCUT2D eigenvalue weighted by molar-refractivity contribution is -0.163. The van der Waals surface area contributed by atoms with Crippen molar-refractivity contribution in [1.29, 1.82) is 0 Å². The Kier molecular flexibility index (Phi) is 11.5. The number of hydrogen-bond donors (Lipinski definition) is 2. The third-order valence-electron chi connectivity index (χ3n) is 9.03. The average molecular weight is 705 g/mol. The minimum absolute atomic E-state index is 0.0530. The third kappa shape index (κ3) is 6.81. The van der Waals surface area contributed by atoms with E-state index in [1.807, 2.05) is 26.8 Å². The van der Waals surface area contributed by atoms with Gasteiger partial charge in [-0.15, -0.1) is 13.2 Å². The van der Waals surface area contributed by atoms with E-state index in [1.165, 1.54) is 12.0 Å². The number of aliphatic hydroxyl groups excluding tert-OH is 1. The molecule has 0 radical (unpaired) electrons. The van der Waals surface area contributed by atoms with Crippen LogP contribution < -0.4 is 5.32 Å². The highest BCUT2D eigenvalue weighted by Gasteiger charge is 2.77. The molecule has 3 fully saturated rings. The fourth-order valence-corrected chi connectivity index (χ4v) is 8.07. The fourth-order valence-electron chi connectivity index (χ4n) is 7.12. The third-order valence-corrected chi connectivity index (χ3v) is 9.87. The first kappa shape index (κ1) is 35.8. The molecule has 46 heavy (non-hydrogen) atoms. The van der Waals surface area contributed by atoms with Crippen molar-refractivity contribution < 1.29 is 38.5 Å². The van der Waals surface area contributed by atoms with Gasteiger partial charge in [-0.25, -0.2) is 0 Å². The van der Waals surface area contributed by atoms with Crippen molar-refractivity contribution in [1.82, 2.24) is 15.1 Å². The number of carbonyl (C=O) groups is 4. The number of likely N-dealkylation sites (tertiary alicyclic amines) is 1. The van der Waals surface area contributed by atoms with Crippen LogP contribution in [0.4, 0.5) is 0 Å². The van der Waals surface area contributed by atoms with Crippen molar-refractivity contribution in [2.24, 2.45) is 11.8 Å².